The van der Waals surface area contributed by atoms with Crippen LogP contribution < -0.4 is 0 Å². The van der Waals surface area contributed by atoms with Crippen LogP contribution in [0.2, 0.25) is 0 Å². The molecule has 0 N–H and O–H groups in total. The number of hydrogen-bond donors (Lipinski definition) is 0. The second-order valence-electron chi connectivity index (χ2n) is 5.88. The summed E-state index contributed by atoms with van der Waals surface area (Å²) >= 11 is 0. The van der Waals surface area contributed by atoms with Crippen molar-refractivity contribution < 1.29 is 4.79 Å². The average Bonchev–Trinajstić information content (AvgIpc) is 2.12. The molecule has 2 aliphatic carbocycles. The van der Waals surface area contributed by atoms with Crippen LogP contribution in [0, 0.1) is 16.7 Å². The summed E-state index contributed by atoms with van der Waals surface area (Å²) in [6, 6.07) is 0. The molecule has 0 aromatic carbocycles. The summed E-state index contributed by atoms with van der Waals surface area (Å²) in [6.07, 6.45) is 8.59. The Morgan fingerprint density at radius 3 is 2.67 bits per heavy atom. The van der Waals surface area contributed by atoms with E-state index in [0.29, 0.717) is 11.7 Å². The summed E-state index contributed by atoms with van der Waals surface area (Å²) in [4.78, 5) is 12.2. The number of carbonyl (C=O) groups is 1. The third-order valence-corrected chi connectivity index (χ3v) is 4.28. The molecule has 0 aromatic rings. The Labute approximate surface area is 92.3 Å². The monoisotopic (exact) mass is 204 g/mol. The third-order valence-electron chi connectivity index (χ3n) is 4.28. The number of carbonyl (C=O) groups excluding carboxylic acids is 1. The number of fused-ring (bicyclic) bond motifs is 1. The average molecular weight is 204 g/mol. The minimum Gasteiger partial charge on any atom is -0.294 e. The van der Waals surface area contributed by atoms with Gasteiger partial charge in [0, 0.05) is 0 Å². The van der Waals surface area contributed by atoms with E-state index in [-0.39, 0.29) is 10.8 Å². The van der Waals surface area contributed by atoms with E-state index in [9.17, 15) is 4.79 Å². The highest BCUT2D eigenvalue weighted by Gasteiger charge is 2.49. The normalized spacial score (nSPS) is 38.5. The quantitative estimate of drug-likeness (QED) is 0.552. The number of rotatable bonds is 0. The van der Waals surface area contributed by atoms with Gasteiger partial charge < -0.3 is 0 Å². The van der Waals surface area contributed by atoms with Crippen LogP contribution >= 0.6 is 0 Å². The summed E-state index contributed by atoms with van der Waals surface area (Å²) in [7, 11) is 0. The second-order valence-corrected chi connectivity index (χ2v) is 5.88. The zero-order valence-electron chi connectivity index (χ0n) is 10.1. The van der Waals surface area contributed by atoms with Crippen LogP contribution in [0.1, 0.15) is 40.5 Å². The molecule has 1 nitrogen and oxygen atoms in total. The Morgan fingerprint density at radius 2 is 2.00 bits per heavy atom. The van der Waals surface area contributed by atoms with Crippen LogP contribution in [0.4, 0.5) is 0 Å². The van der Waals surface area contributed by atoms with Crippen molar-refractivity contribution in [1.82, 2.24) is 0 Å². The lowest BCUT2D eigenvalue weighted by Gasteiger charge is -2.48. The van der Waals surface area contributed by atoms with E-state index in [0.717, 1.165) is 18.4 Å². The van der Waals surface area contributed by atoms with Gasteiger partial charge in [-0.05, 0) is 43.6 Å². The van der Waals surface area contributed by atoms with Gasteiger partial charge in [-0.1, -0.05) is 32.1 Å². The van der Waals surface area contributed by atoms with Crippen molar-refractivity contribution in [2.75, 3.05) is 0 Å². The van der Waals surface area contributed by atoms with Gasteiger partial charge in [0.25, 0.3) is 0 Å². The molecular formula is C14H20O. The molecule has 0 aromatic heterocycles. The van der Waals surface area contributed by atoms with Gasteiger partial charge in [0.15, 0.2) is 5.78 Å². The maximum absolute atomic E-state index is 12.2. The van der Waals surface area contributed by atoms with Crippen LogP contribution in [-0.2, 0) is 4.79 Å². The van der Waals surface area contributed by atoms with Gasteiger partial charge in [0.05, 0.1) is 5.41 Å². The lowest BCUT2D eigenvalue weighted by Crippen LogP contribution is -2.46. The Balaban J connectivity index is 2.50. The zero-order chi connectivity index (χ0) is 11.3. The van der Waals surface area contributed by atoms with Crippen LogP contribution in [0.15, 0.2) is 23.8 Å². The lowest BCUT2D eigenvalue weighted by molar-refractivity contribution is -0.128. The van der Waals surface area contributed by atoms with Crippen LogP contribution in [0.3, 0.4) is 0 Å². The van der Waals surface area contributed by atoms with E-state index >= 15 is 0 Å². The molecular weight excluding hydrogens is 184 g/mol. The van der Waals surface area contributed by atoms with Crippen LogP contribution in [-0.4, -0.2) is 5.78 Å². The molecule has 2 atom stereocenters. The SMILES string of the molecule is CC1=CC[C@H]2C(C)(C)CC=C[C@]2(C)C1=O. The minimum absolute atomic E-state index is 0.246. The maximum Gasteiger partial charge on any atom is 0.168 e. The molecule has 0 aliphatic heterocycles. The van der Waals surface area contributed by atoms with Gasteiger partial charge in [-0.3, -0.25) is 4.79 Å². The third kappa shape index (κ3) is 1.40. The molecule has 1 heteroatoms. The van der Waals surface area contributed by atoms with Gasteiger partial charge in [0.1, 0.15) is 0 Å². The highest BCUT2D eigenvalue weighted by Crippen LogP contribution is 2.52. The summed E-state index contributed by atoms with van der Waals surface area (Å²) in [5.74, 6) is 0.786. The predicted octanol–water partition coefficient (Wildman–Crippen LogP) is 3.51. The molecule has 82 valence electrons. The van der Waals surface area contributed by atoms with Crippen molar-refractivity contribution in [3.63, 3.8) is 0 Å². The van der Waals surface area contributed by atoms with Crippen molar-refractivity contribution in [3.8, 4) is 0 Å². The molecule has 0 radical (unpaired) electrons. The van der Waals surface area contributed by atoms with Gasteiger partial charge >= 0.3 is 0 Å². The fourth-order valence-electron chi connectivity index (χ4n) is 3.29. The summed E-state index contributed by atoms with van der Waals surface area (Å²) in [5.41, 5.74) is 0.938. The first-order valence-electron chi connectivity index (χ1n) is 5.77. The van der Waals surface area contributed by atoms with E-state index in [1.807, 2.05) is 6.92 Å². The molecule has 0 saturated carbocycles. The Hall–Kier alpha value is -0.850. The van der Waals surface area contributed by atoms with E-state index in [1.54, 1.807) is 0 Å². The molecule has 15 heavy (non-hydrogen) atoms. The fraction of sp³-hybridized carbons (Fsp3) is 0.643. The van der Waals surface area contributed by atoms with Gasteiger partial charge in [-0.25, -0.2) is 0 Å². The zero-order valence-corrected chi connectivity index (χ0v) is 10.1. The Bertz CT molecular complexity index is 360. The van der Waals surface area contributed by atoms with E-state index in [1.165, 1.54) is 0 Å². The first-order chi connectivity index (χ1) is 6.88. The smallest absolute Gasteiger partial charge is 0.168 e. The largest absolute Gasteiger partial charge is 0.294 e. The minimum atomic E-state index is -0.249. The van der Waals surface area contributed by atoms with E-state index in [4.69, 9.17) is 0 Å². The van der Waals surface area contributed by atoms with E-state index in [2.05, 4.69) is 39.0 Å². The topological polar surface area (TPSA) is 17.1 Å². The molecule has 0 spiro atoms. The van der Waals surface area contributed by atoms with Crippen molar-refractivity contribution >= 4 is 5.78 Å². The predicted molar refractivity (Wildman–Crippen MR) is 62.5 cm³/mol. The van der Waals surface area contributed by atoms with Crippen LogP contribution in [0.5, 0.6) is 0 Å². The molecule has 0 saturated heterocycles. The molecule has 2 aliphatic rings. The first kappa shape index (κ1) is 10.7. The summed E-state index contributed by atoms with van der Waals surface area (Å²) < 4.78 is 0. The van der Waals surface area contributed by atoms with Crippen molar-refractivity contribution in [3.05, 3.63) is 23.8 Å². The molecule has 0 unspecified atom stereocenters. The molecule has 0 heterocycles. The van der Waals surface area contributed by atoms with Crippen molar-refractivity contribution in [2.45, 2.75) is 40.5 Å². The van der Waals surface area contributed by atoms with Gasteiger partial charge in [0.2, 0.25) is 0 Å². The highest BCUT2D eigenvalue weighted by molar-refractivity contribution is 6.01. The Morgan fingerprint density at radius 1 is 1.33 bits per heavy atom. The van der Waals surface area contributed by atoms with Crippen molar-refractivity contribution in [2.24, 2.45) is 16.7 Å². The number of ketones is 1. The second kappa shape index (κ2) is 3.07. The maximum atomic E-state index is 12.2. The standard InChI is InChI=1S/C14H20O/c1-10-6-7-11-13(2,3)8-5-9-14(11,4)12(10)15/h5-6,9,11H,7-8H2,1-4H3/t11-,14-/m0/s1. The molecule has 0 amide bonds. The number of Topliss-reactive ketones (excluding diaryl/α,β-unsaturated/α-hetero) is 1. The van der Waals surface area contributed by atoms with Gasteiger partial charge in [-0.2, -0.15) is 0 Å². The molecule has 2 rings (SSSR count). The first-order valence-corrected chi connectivity index (χ1v) is 5.77. The molecule has 0 fully saturated rings. The number of allylic oxidation sites excluding steroid dienone is 4. The van der Waals surface area contributed by atoms with E-state index < -0.39 is 0 Å². The summed E-state index contributed by atoms with van der Waals surface area (Å²) in [5, 5.41) is 0. The summed E-state index contributed by atoms with van der Waals surface area (Å²) in [6.45, 7) is 8.61. The Kier molecular flexibility index (Phi) is 2.18. The molecule has 0 bridgehead atoms. The van der Waals surface area contributed by atoms with Gasteiger partial charge in [-0.15, -0.1) is 0 Å². The lowest BCUT2D eigenvalue weighted by atomic mass is 9.54. The van der Waals surface area contributed by atoms with Crippen LogP contribution in [0.25, 0.3) is 0 Å². The fourth-order valence-corrected chi connectivity index (χ4v) is 3.29. The van der Waals surface area contributed by atoms with Crippen molar-refractivity contribution in [1.29, 1.82) is 0 Å². The number of hydrogen-bond acceptors (Lipinski definition) is 1. The highest BCUT2D eigenvalue weighted by atomic mass is 16.1.